The molecule has 0 atom stereocenters. The zero-order valence-electron chi connectivity index (χ0n) is 19.0. The van der Waals surface area contributed by atoms with Crippen LogP contribution in [0.4, 0.5) is 5.69 Å². The molecule has 0 aliphatic carbocycles. The fourth-order valence-electron chi connectivity index (χ4n) is 4.06. The Kier molecular flexibility index (Phi) is 8.28. The van der Waals surface area contributed by atoms with E-state index in [-0.39, 0.29) is 30.3 Å². The molecule has 0 amide bonds. The summed E-state index contributed by atoms with van der Waals surface area (Å²) in [5.41, 5.74) is 2.29. The molecule has 3 aromatic carbocycles. The molecule has 3 aromatic rings. The van der Waals surface area contributed by atoms with Crippen LogP contribution in [0.2, 0.25) is 0 Å². The number of nitro groups is 1. The summed E-state index contributed by atoms with van der Waals surface area (Å²) in [5, 5.41) is 11.0. The molecule has 174 valence electrons. The van der Waals surface area contributed by atoms with Crippen LogP contribution in [0, 0.1) is 22.0 Å². The summed E-state index contributed by atoms with van der Waals surface area (Å²) in [5.74, 6) is 6.33. The maximum Gasteiger partial charge on any atom is 0.310 e. The van der Waals surface area contributed by atoms with Gasteiger partial charge in [0, 0.05) is 19.2 Å². The van der Waals surface area contributed by atoms with Gasteiger partial charge in [0.2, 0.25) is 0 Å². The highest BCUT2D eigenvalue weighted by atomic mass is 16.6. The number of rotatable bonds is 8. The number of piperidine rings is 1. The molecule has 0 spiro atoms. The third kappa shape index (κ3) is 6.44. The van der Waals surface area contributed by atoms with Crippen molar-refractivity contribution in [1.29, 1.82) is 0 Å². The molecule has 1 saturated heterocycles. The van der Waals surface area contributed by atoms with Gasteiger partial charge in [0.15, 0.2) is 5.75 Å². The molecule has 4 rings (SSSR count). The van der Waals surface area contributed by atoms with Crippen molar-refractivity contribution in [3.05, 3.63) is 106 Å². The predicted octanol–water partition coefficient (Wildman–Crippen LogP) is 5.25. The number of hydrogen-bond donors (Lipinski definition) is 0. The second kappa shape index (κ2) is 12.0. The van der Waals surface area contributed by atoms with Gasteiger partial charge in [-0.1, -0.05) is 84.6 Å². The normalized spacial score (nSPS) is 14.4. The summed E-state index contributed by atoms with van der Waals surface area (Å²) in [6.45, 7) is 2.61. The Bertz CT molecular complexity index is 1080. The van der Waals surface area contributed by atoms with Gasteiger partial charge < -0.3 is 9.47 Å². The minimum absolute atomic E-state index is 0.0457. The largest absolute Gasteiger partial charge is 0.474 e. The van der Waals surface area contributed by atoms with Crippen LogP contribution in [0.3, 0.4) is 0 Å². The summed E-state index contributed by atoms with van der Waals surface area (Å²) in [6.07, 6.45) is 2.02. The lowest BCUT2D eigenvalue weighted by Crippen LogP contribution is -2.37. The number of ether oxygens (including phenoxy) is 2. The summed E-state index contributed by atoms with van der Waals surface area (Å²) in [7, 11) is 0. The molecule has 0 bridgehead atoms. The number of hydrogen-bond acceptors (Lipinski definition) is 5. The highest BCUT2D eigenvalue weighted by molar-refractivity contribution is 5.45. The third-order valence-electron chi connectivity index (χ3n) is 5.86. The first-order valence-electron chi connectivity index (χ1n) is 11.5. The van der Waals surface area contributed by atoms with E-state index in [0.29, 0.717) is 6.54 Å². The predicted molar refractivity (Wildman–Crippen MR) is 132 cm³/mol. The van der Waals surface area contributed by atoms with Crippen LogP contribution in [0.1, 0.15) is 30.1 Å². The van der Waals surface area contributed by atoms with Gasteiger partial charge in [0.05, 0.1) is 17.6 Å². The SMILES string of the molecule is O=[N+]([O-])c1ccccc1OCC#CCN1CCC(OC(c2ccccc2)c2ccccc2)CC1. The van der Waals surface area contributed by atoms with Crippen LogP contribution in [0.25, 0.3) is 0 Å². The molecular formula is C28H28N2O4. The third-order valence-corrected chi connectivity index (χ3v) is 5.86. The van der Waals surface area contributed by atoms with Gasteiger partial charge in [-0.05, 0) is 30.0 Å². The zero-order valence-corrected chi connectivity index (χ0v) is 19.0. The molecule has 0 unspecified atom stereocenters. The standard InChI is InChI=1S/C28H28N2O4/c31-30(32)26-15-7-8-16-27(26)33-22-10-9-19-29-20-17-25(18-21-29)34-28(23-11-3-1-4-12-23)24-13-5-2-6-14-24/h1-8,11-16,25,28H,17-22H2. The van der Waals surface area contributed by atoms with E-state index >= 15 is 0 Å². The highest BCUT2D eigenvalue weighted by Gasteiger charge is 2.24. The first-order chi connectivity index (χ1) is 16.7. The van der Waals surface area contributed by atoms with E-state index in [2.05, 4.69) is 65.3 Å². The van der Waals surface area contributed by atoms with Crippen molar-refractivity contribution in [2.45, 2.75) is 25.0 Å². The maximum absolute atomic E-state index is 11.0. The van der Waals surface area contributed by atoms with Gasteiger partial charge in [-0.25, -0.2) is 0 Å². The highest BCUT2D eigenvalue weighted by Crippen LogP contribution is 2.30. The fourth-order valence-corrected chi connectivity index (χ4v) is 4.06. The van der Waals surface area contributed by atoms with Crippen molar-refractivity contribution in [2.24, 2.45) is 0 Å². The molecule has 6 nitrogen and oxygen atoms in total. The van der Waals surface area contributed by atoms with Crippen LogP contribution in [0.15, 0.2) is 84.9 Å². The van der Waals surface area contributed by atoms with Gasteiger partial charge in [-0.15, -0.1) is 0 Å². The molecule has 0 N–H and O–H groups in total. The minimum atomic E-state index is -0.449. The van der Waals surface area contributed by atoms with Crippen LogP contribution >= 0.6 is 0 Å². The molecule has 1 aliphatic rings. The van der Waals surface area contributed by atoms with Crippen LogP contribution in [0.5, 0.6) is 5.75 Å². The lowest BCUT2D eigenvalue weighted by atomic mass is 10.00. The fraction of sp³-hybridized carbons (Fsp3) is 0.286. The monoisotopic (exact) mass is 456 g/mol. The Morgan fingerprint density at radius 3 is 2.09 bits per heavy atom. The van der Waals surface area contributed by atoms with E-state index in [1.807, 2.05) is 12.1 Å². The molecule has 1 heterocycles. The second-order valence-electron chi connectivity index (χ2n) is 8.18. The summed E-state index contributed by atoms with van der Waals surface area (Å²) < 4.78 is 12.1. The average molecular weight is 457 g/mol. The van der Waals surface area contributed by atoms with Crippen molar-refractivity contribution in [2.75, 3.05) is 26.2 Å². The van der Waals surface area contributed by atoms with Crippen LogP contribution in [-0.2, 0) is 4.74 Å². The van der Waals surface area contributed by atoms with Gasteiger partial charge in [-0.3, -0.25) is 15.0 Å². The molecular weight excluding hydrogens is 428 g/mol. The number of benzene rings is 3. The Labute approximate surface area is 200 Å². The maximum atomic E-state index is 11.0. The molecule has 0 radical (unpaired) electrons. The Hall–Kier alpha value is -3.66. The van der Waals surface area contributed by atoms with Crippen molar-refractivity contribution in [3.8, 4) is 17.6 Å². The quantitative estimate of drug-likeness (QED) is 0.263. The number of nitrogens with zero attached hydrogens (tertiary/aromatic N) is 2. The summed E-state index contributed by atoms with van der Waals surface area (Å²) in [6, 6.07) is 27.1. The van der Waals surface area contributed by atoms with Crippen LogP contribution < -0.4 is 4.74 Å². The van der Waals surface area contributed by atoms with Crippen molar-refractivity contribution < 1.29 is 14.4 Å². The molecule has 0 saturated carbocycles. The molecule has 1 aliphatic heterocycles. The van der Waals surface area contributed by atoms with E-state index < -0.39 is 4.92 Å². The zero-order chi connectivity index (χ0) is 23.6. The number of nitro benzene ring substituents is 1. The van der Waals surface area contributed by atoms with Gasteiger partial charge in [0.25, 0.3) is 0 Å². The first kappa shape index (κ1) is 23.5. The van der Waals surface area contributed by atoms with Gasteiger partial charge in [-0.2, -0.15) is 0 Å². The van der Waals surface area contributed by atoms with E-state index in [1.165, 1.54) is 17.2 Å². The van der Waals surface area contributed by atoms with E-state index in [0.717, 1.165) is 25.9 Å². The minimum Gasteiger partial charge on any atom is -0.474 e. The van der Waals surface area contributed by atoms with E-state index in [9.17, 15) is 10.1 Å². The average Bonchev–Trinajstić information content (AvgIpc) is 2.89. The number of likely N-dealkylation sites (tertiary alicyclic amines) is 1. The molecule has 34 heavy (non-hydrogen) atoms. The van der Waals surface area contributed by atoms with Gasteiger partial charge in [0.1, 0.15) is 12.7 Å². The Balaban J connectivity index is 1.26. The van der Waals surface area contributed by atoms with Crippen molar-refractivity contribution in [1.82, 2.24) is 4.90 Å². The first-order valence-corrected chi connectivity index (χ1v) is 11.5. The molecule has 0 aromatic heterocycles. The summed E-state index contributed by atoms with van der Waals surface area (Å²) in [4.78, 5) is 12.9. The Morgan fingerprint density at radius 1 is 0.882 bits per heavy atom. The van der Waals surface area contributed by atoms with Crippen LogP contribution in [-0.4, -0.2) is 42.2 Å². The van der Waals surface area contributed by atoms with Crippen molar-refractivity contribution >= 4 is 5.69 Å². The summed E-state index contributed by atoms with van der Waals surface area (Å²) >= 11 is 0. The van der Waals surface area contributed by atoms with Gasteiger partial charge >= 0.3 is 5.69 Å². The molecule has 6 heteroatoms. The topological polar surface area (TPSA) is 64.8 Å². The second-order valence-corrected chi connectivity index (χ2v) is 8.18. The van der Waals surface area contributed by atoms with E-state index in [1.54, 1.807) is 18.2 Å². The lowest BCUT2D eigenvalue weighted by molar-refractivity contribution is -0.385. The number of para-hydroxylation sites is 2. The van der Waals surface area contributed by atoms with E-state index in [4.69, 9.17) is 9.47 Å². The lowest BCUT2D eigenvalue weighted by Gasteiger charge is -2.33. The smallest absolute Gasteiger partial charge is 0.310 e. The Morgan fingerprint density at radius 2 is 1.47 bits per heavy atom. The molecule has 1 fully saturated rings. The van der Waals surface area contributed by atoms with Crippen molar-refractivity contribution in [3.63, 3.8) is 0 Å².